The van der Waals surface area contributed by atoms with Gasteiger partial charge in [-0.2, -0.15) is 5.26 Å². The van der Waals surface area contributed by atoms with Crippen LogP contribution in [0.15, 0.2) is 35.9 Å². The van der Waals surface area contributed by atoms with Crippen molar-refractivity contribution in [3.8, 4) is 23.3 Å². The lowest BCUT2D eigenvalue weighted by Gasteiger charge is -2.15. The standard InChI is InChI=1S/C25H27NO6/c1-6-29-22-13-19(12-20(14-26)25(28)30-7-2)10-11-21(22)32-23(27)15-31-24-17(4)9-8-16(3)18(24)5/h8-13H,6-7,15H2,1-5H3/b20-12+. The minimum atomic E-state index is -0.706. The summed E-state index contributed by atoms with van der Waals surface area (Å²) in [6.45, 7) is 9.52. The van der Waals surface area contributed by atoms with E-state index in [0.29, 0.717) is 23.7 Å². The number of benzene rings is 2. The molecule has 0 fully saturated rings. The predicted molar refractivity (Wildman–Crippen MR) is 120 cm³/mol. The molecule has 0 saturated carbocycles. The van der Waals surface area contributed by atoms with Crippen LogP contribution in [-0.2, 0) is 14.3 Å². The molecule has 0 atom stereocenters. The van der Waals surface area contributed by atoms with Gasteiger partial charge in [0.2, 0.25) is 0 Å². The Kier molecular flexibility index (Phi) is 8.84. The molecular formula is C25H27NO6. The van der Waals surface area contributed by atoms with Gasteiger partial charge in [0.05, 0.1) is 13.2 Å². The van der Waals surface area contributed by atoms with E-state index < -0.39 is 11.9 Å². The predicted octanol–water partition coefficient (Wildman–Crippen LogP) is 4.47. The van der Waals surface area contributed by atoms with Crippen LogP contribution in [0.1, 0.15) is 36.1 Å². The van der Waals surface area contributed by atoms with Gasteiger partial charge in [-0.1, -0.05) is 18.2 Å². The summed E-state index contributed by atoms with van der Waals surface area (Å²) in [6, 6.07) is 10.5. The fourth-order valence-corrected chi connectivity index (χ4v) is 2.91. The molecule has 0 N–H and O–H groups in total. The number of nitriles is 1. The van der Waals surface area contributed by atoms with Crippen molar-refractivity contribution < 1.29 is 28.5 Å². The summed E-state index contributed by atoms with van der Waals surface area (Å²) in [5, 5.41) is 9.21. The van der Waals surface area contributed by atoms with E-state index in [4.69, 9.17) is 18.9 Å². The number of esters is 2. The number of ether oxygens (including phenoxy) is 4. The molecule has 2 aromatic rings. The average molecular weight is 437 g/mol. The normalized spacial score (nSPS) is 10.8. The molecule has 0 bridgehead atoms. The van der Waals surface area contributed by atoms with Crippen LogP contribution in [0.3, 0.4) is 0 Å². The molecular weight excluding hydrogens is 410 g/mol. The summed E-state index contributed by atoms with van der Waals surface area (Å²) in [7, 11) is 0. The molecule has 0 aliphatic heterocycles. The zero-order valence-corrected chi connectivity index (χ0v) is 19.0. The molecule has 0 radical (unpaired) electrons. The lowest BCUT2D eigenvalue weighted by Crippen LogP contribution is -2.19. The van der Waals surface area contributed by atoms with Crippen LogP contribution in [0.4, 0.5) is 0 Å². The van der Waals surface area contributed by atoms with Crippen molar-refractivity contribution in [2.24, 2.45) is 0 Å². The van der Waals surface area contributed by atoms with E-state index in [2.05, 4.69) is 0 Å². The molecule has 0 saturated heterocycles. The van der Waals surface area contributed by atoms with E-state index in [1.165, 1.54) is 12.1 Å². The van der Waals surface area contributed by atoms with Crippen LogP contribution in [0.25, 0.3) is 6.08 Å². The Labute approximate surface area is 188 Å². The smallest absolute Gasteiger partial charge is 0.349 e. The van der Waals surface area contributed by atoms with Crippen LogP contribution in [0, 0.1) is 32.1 Å². The molecule has 7 nitrogen and oxygen atoms in total. The summed E-state index contributed by atoms with van der Waals surface area (Å²) in [4.78, 5) is 24.2. The average Bonchev–Trinajstić information content (AvgIpc) is 2.76. The second-order valence-electron chi connectivity index (χ2n) is 6.95. The van der Waals surface area contributed by atoms with Crippen molar-refractivity contribution in [1.29, 1.82) is 5.26 Å². The van der Waals surface area contributed by atoms with Crippen molar-refractivity contribution in [3.05, 3.63) is 58.2 Å². The first-order valence-electron chi connectivity index (χ1n) is 10.3. The van der Waals surface area contributed by atoms with E-state index in [1.807, 2.05) is 39.0 Å². The van der Waals surface area contributed by atoms with Gasteiger partial charge in [0, 0.05) is 0 Å². The fraction of sp³-hybridized carbons (Fsp3) is 0.320. The molecule has 168 valence electrons. The van der Waals surface area contributed by atoms with Crippen molar-refractivity contribution in [2.45, 2.75) is 34.6 Å². The number of hydrogen-bond acceptors (Lipinski definition) is 7. The summed E-state index contributed by atoms with van der Waals surface area (Å²) < 4.78 is 21.6. The molecule has 2 rings (SSSR count). The van der Waals surface area contributed by atoms with Crippen LogP contribution in [-0.4, -0.2) is 31.8 Å². The van der Waals surface area contributed by atoms with E-state index in [-0.39, 0.29) is 24.5 Å². The summed E-state index contributed by atoms with van der Waals surface area (Å²) in [5.41, 5.74) is 3.36. The number of rotatable bonds is 9. The van der Waals surface area contributed by atoms with Gasteiger partial charge in [-0.25, -0.2) is 9.59 Å². The minimum absolute atomic E-state index is 0.142. The third kappa shape index (κ3) is 6.35. The van der Waals surface area contributed by atoms with Gasteiger partial charge in [0.1, 0.15) is 17.4 Å². The van der Waals surface area contributed by atoms with E-state index in [0.717, 1.165) is 16.7 Å². The van der Waals surface area contributed by atoms with Crippen LogP contribution in [0.5, 0.6) is 17.2 Å². The Bertz CT molecular complexity index is 1060. The Hall–Kier alpha value is -3.79. The minimum Gasteiger partial charge on any atom is -0.490 e. The van der Waals surface area contributed by atoms with E-state index in [9.17, 15) is 14.9 Å². The van der Waals surface area contributed by atoms with Crippen molar-refractivity contribution >= 4 is 18.0 Å². The van der Waals surface area contributed by atoms with Crippen LogP contribution in [0.2, 0.25) is 0 Å². The maximum atomic E-state index is 12.4. The molecule has 0 aromatic heterocycles. The lowest BCUT2D eigenvalue weighted by atomic mass is 10.1. The number of hydrogen-bond donors (Lipinski definition) is 0. The summed E-state index contributed by atoms with van der Waals surface area (Å²) >= 11 is 0. The van der Waals surface area contributed by atoms with Crippen molar-refractivity contribution in [2.75, 3.05) is 19.8 Å². The monoisotopic (exact) mass is 437 g/mol. The molecule has 0 heterocycles. The van der Waals surface area contributed by atoms with Crippen LogP contribution < -0.4 is 14.2 Å². The third-order valence-electron chi connectivity index (χ3n) is 4.63. The zero-order chi connectivity index (χ0) is 23.7. The van der Waals surface area contributed by atoms with Gasteiger partial charge in [-0.3, -0.25) is 0 Å². The highest BCUT2D eigenvalue weighted by molar-refractivity contribution is 5.98. The highest BCUT2D eigenvalue weighted by Gasteiger charge is 2.15. The van der Waals surface area contributed by atoms with E-state index in [1.54, 1.807) is 26.0 Å². The number of aryl methyl sites for hydroxylation is 2. The van der Waals surface area contributed by atoms with Gasteiger partial charge in [-0.15, -0.1) is 0 Å². The molecule has 0 aliphatic rings. The van der Waals surface area contributed by atoms with Gasteiger partial charge in [0.15, 0.2) is 18.1 Å². The molecule has 32 heavy (non-hydrogen) atoms. The summed E-state index contributed by atoms with van der Waals surface area (Å²) in [5.74, 6) is -0.111. The van der Waals surface area contributed by atoms with Gasteiger partial charge in [-0.05, 0) is 75.1 Å². The molecule has 0 spiro atoms. The highest BCUT2D eigenvalue weighted by Crippen LogP contribution is 2.30. The van der Waals surface area contributed by atoms with E-state index >= 15 is 0 Å². The molecule has 2 aromatic carbocycles. The van der Waals surface area contributed by atoms with Gasteiger partial charge < -0.3 is 18.9 Å². The molecule has 7 heteroatoms. The summed E-state index contributed by atoms with van der Waals surface area (Å²) in [6.07, 6.45) is 1.39. The van der Waals surface area contributed by atoms with Crippen molar-refractivity contribution in [1.82, 2.24) is 0 Å². The number of nitrogens with zero attached hydrogens (tertiary/aromatic N) is 1. The fourth-order valence-electron chi connectivity index (χ4n) is 2.91. The second kappa shape index (κ2) is 11.6. The second-order valence-corrected chi connectivity index (χ2v) is 6.95. The lowest BCUT2D eigenvalue weighted by molar-refractivity contribution is -0.138. The number of carbonyl (C=O) groups excluding carboxylic acids is 2. The zero-order valence-electron chi connectivity index (χ0n) is 19.0. The Morgan fingerprint density at radius 3 is 2.34 bits per heavy atom. The molecule has 0 aliphatic carbocycles. The van der Waals surface area contributed by atoms with Gasteiger partial charge >= 0.3 is 11.9 Å². The maximum absolute atomic E-state index is 12.4. The number of carbonyl (C=O) groups is 2. The maximum Gasteiger partial charge on any atom is 0.349 e. The quantitative estimate of drug-likeness (QED) is 0.247. The largest absolute Gasteiger partial charge is 0.490 e. The topological polar surface area (TPSA) is 94.9 Å². The first kappa shape index (κ1) is 24.5. The molecule has 0 amide bonds. The Morgan fingerprint density at radius 2 is 1.69 bits per heavy atom. The first-order valence-corrected chi connectivity index (χ1v) is 10.3. The first-order chi connectivity index (χ1) is 15.3. The molecule has 0 unspecified atom stereocenters. The Morgan fingerprint density at radius 1 is 0.969 bits per heavy atom. The van der Waals surface area contributed by atoms with Gasteiger partial charge in [0.25, 0.3) is 0 Å². The van der Waals surface area contributed by atoms with Crippen LogP contribution >= 0.6 is 0 Å². The highest BCUT2D eigenvalue weighted by atomic mass is 16.6. The third-order valence-corrected chi connectivity index (χ3v) is 4.63. The SMILES string of the molecule is CCOC(=O)/C(C#N)=C/c1ccc(OC(=O)COc2c(C)ccc(C)c2C)c(OCC)c1. The Balaban J connectivity index is 2.18. The van der Waals surface area contributed by atoms with Crippen molar-refractivity contribution in [3.63, 3.8) is 0 Å².